The van der Waals surface area contributed by atoms with E-state index in [1.807, 2.05) is 0 Å². The fourth-order valence-corrected chi connectivity index (χ4v) is 4.63. The second-order valence-electron chi connectivity index (χ2n) is 4.64. The third-order valence-corrected chi connectivity index (χ3v) is 5.64. The number of esters is 1. The lowest BCUT2D eigenvalue weighted by Crippen LogP contribution is -2.44. The normalized spacial score (nSPS) is 12.8. The van der Waals surface area contributed by atoms with E-state index in [0.29, 0.717) is 5.56 Å². The molecule has 1 unspecified atom stereocenters. The summed E-state index contributed by atoms with van der Waals surface area (Å²) in [6, 6.07) is -0.935. The number of amides is 1. The Morgan fingerprint density at radius 2 is 1.95 bits per heavy atom. The fraction of sp³-hybridized carbons (Fsp3) is 0.500. The highest BCUT2D eigenvalue weighted by Gasteiger charge is 2.30. The molecule has 21 heavy (non-hydrogen) atoms. The molecule has 7 nitrogen and oxygen atoms in total. The van der Waals surface area contributed by atoms with Crippen molar-refractivity contribution in [3.05, 3.63) is 15.8 Å². The lowest BCUT2D eigenvalue weighted by molar-refractivity contribution is -0.130. The average molecular weight is 334 g/mol. The van der Waals surface area contributed by atoms with E-state index in [-0.39, 0.29) is 15.7 Å². The van der Waals surface area contributed by atoms with Crippen molar-refractivity contribution in [3.8, 4) is 0 Å². The maximum Gasteiger partial charge on any atom is 0.349 e. The van der Waals surface area contributed by atoms with Gasteiger partial charge < -0.3 is 9.64 Å². The largest absolute Gasteiger partial charge is 0.465 e. The number of ether oxygens (including phenoxy) is 1. The van der Waals surface area contributed by atoms with Gasteiger partial charge in [0.2, 0.25) is 15.9 Å². The van der Waals surface area contributed by atoms with Crippen molar-refractivity contribution in [1.82, 2.24) is 9.62 Å². The van der Waals surface area contributed by atoms with E-state index in [1.165, 1.54) is 33.0 Å². The van der Waals surface area contributed by atoms with E-state index in [4.69, 9.17) is 0 Å². The van der Waals surface area contributed by atoms with Crippen LogP contribution in [0, 0.1) is 6.92 Å². The second-order valence-corrected chi connectivity index (χ2v) is 7.17. The first kappa shape index (κ1) is 17.6. The molecule has 0 fully saturated rings. The number of thiophene rings is 1. The Labute approximate surface area is 127 Å². The van der Waals surface area contributed by atoms with Crippen LogP contribution in [0.4, 0.5) is 0 Å². The minimum Gasteiger partial charge on any atom is -0.465 e. The Morgan fingerprint density at radius 3 is 2.43 bits per heavy atom. The van der Waals surface area contributed by atoms with Gasteiger partial charge in [-0.1, -0.05) is 0 Å². The van der Waals surface area contributed by atoms with Crippen LogP contribution in [0.1, 0.15) is 22.2 Å². The molecule has 0 aliphatic heterocycles. The van der Waals surface area contributed by atoms with Gasteiger partial charge >= 0.3 is 5.97 Å². The number of carbonyl (C=O) groups is 2. The van der Waals surface area contributed by atoms with E-state index in [0.717, 1.165) is 11.3 Å². The zero-order valence-corrected chi connectivity index (χ0v) is 14.1. The first-order valence-electron chi connectivity index (χ1n) is 6.01. The van der Waals surface area contributed by atoms with Crippen LogP contribution >= 0.6 is 11.3 Å². The highest BCUT2D eigenvalue weighted by Crippen LogP contribution is 2.27. The molecule has 1 heterocycles. The number of aryl methyl sites for hydroxylation is 1. The van der Waals surface area contributed by atoms with Gasteiger partial charge in [-0.3, -0.25) is 4.79 Å². The predicted molar refractivity (Wildman–Crippen MR) is 78.9 cm³/mol. The SMILES string of the molecule is COC(=O)c1scc(C)c1S(=O)(=O)NC(C)C(=O)N(C)C. The molecule has 1 N–H and O–H groups in total. The van der Waals surface area contributed by atoms with Crippen molar-refractivity contribution in [2.75, 3.05) is 21.2 Å². The summed E-state index contributed by atoms with van der Waals surface area (Å²) < 4.78 is 31.7. The number of rotatable bonds is 5. The maximum atomic E-state index is 12.4. The monoisotopic (exact) mass is 334 g/mol. The lowest BCUT2D eigenvalue weighted by Gasteiger charge is -2.18. The zero-order valence-electron chi connectivity index (χ0n) is 12.5. The molecular weight excluding hydrogens is 316 g/mol. The van der Waals surface area contributed by atoms with Crippen molar-refractivity contribution in [3.63, 3.8) is 0 Å². The van der Waals surface area contributed by atoms with Crippen molar-refractivity contribution >= 4 is 33.2 Å². The molecule has 1 aromatic heterocycles. The van der Waals surface area contributed by atoms with Gasteiger partial charge in [0.25, 0.3) is 0 Å². The second kappa shape index (κ2) is 6.54. The summed E-state index contributed by atoms with van der Waals surface area (Å²) in [6.07, 6.45) is 0. The van der Waals surface area contributed by atoms with Crippen molar-refractivity contribution in [1.29, 1.82) is 0 Å². The van der Waals surface area contributed by atoms with Crippen LogP contribution in [-0.2, 0) is 19.6 Å². The molecule has 0 aromatic carbocycles. The molecule has 0 saturated carbocycles. The molecule has 0 aliphatic rings. The number of nitrogens with zero attached hydrogens (tertiary/aromatic N) is 1. The Balaban J connectivity index is 3.18. The number of hydrogen-bond donors (Lipinski definition) is 1. The van der Waals surface area contributed by atoms with E-state index < -0.39 is 22.0 Å². The maximum absolute atomic E-state index is 12.4. The quantitative estimate of drug-likeness (QED) is 0.796. The predicted octanol–water partition coefficient (Wildman–Crippen LogP) is 0.598. The summed E-state index contributed by atoms with van der Waals surface area (Å²) in [6.45, 7) is 3.02. The van der Waals surface area contributed by atoms with Gasteiger partial charge in [0, 0.05) is 14.1 Å². The van der Waals surface area contributed by atoms with Crippen LogP contribution in [0.5, 0.6) is 0 Å². The lowest BCUT2D eigenvalue weighted by atomic mass is 10.3. The molecule has 1 amide bonds. The first-order valence-corrected chi connectivity index (χ1v) is 8.38. The molecule has 9 heteroatoms. The van der Waals surface area contributed by atoms with Gasteiger partial charge in [-0.15, -0.1) is 11.3 Å². The number of methoxy groups -OCH3 is 1. The Hall–Kier alpha value is -1.45. The average Bonchev–Trinajstić information content (AvgIpc) is 2.78. The number of likely N-dealkylation sites (N-methyl/N-ethyl adjacent to an activating group) is 1. The number of hydrogen-bond acceptors (Lipinski definition) is 6. The van der Waals surface area contributed by atoms with E-state index in [9.17, 15) is 18.0 Å². The summed E-state index contributed by atoms with van der Waals surface area (Å²) in [5.41, 5.74) is 0.428. The Kier molecular flexibility index (Phi) is 5.48. The molecule has 0 spiro atoms. The van der Waals surface area contributed by atoms with E-state index in [2.05, 4.69) is 9.46 Å². The van der Waals surface area contributed by atoms with Gasteiger partial charge in [0.1, 0.15) is 9.77 Å². The summed E-state index contributed by atoms with van der Waals surface area (Å²) in [5, 5.41) is 1.55. The number of carbonyl (C=O) groups excluding carboxylic acids is 2. The summed E-state index contributed by atoms with van der Waals surface area (Å²) in [7, 11) is 0.242. The van der Waals surface area contributed by atoms with Gasteiger partial charge in [0.15, 0.2) is 0 Å². The molecule has 118 valence electrons. The third kappa shape index (κ3) is 3.80. The highest BCUT2D eigenvalue weighted by molar-refractivity contribution is 7.89. The molecular formula is C12H18N2O5S2. The Morgan fingerprint density at radius 1 is 1.38 bits per heavy atom. The van der Waals surface area contributed by atoms with Crippen molar-refractivity contribution < 1.29 is 22.7 Å². The molecule has 0 aliphatic carbocycles. The minimum absolute atomic E-state index is 0.00741. The van der Waals surface area contributed by atoms with Crippen LogP contribution in [-0.4, -0.2) is 52.4 Å². The molecule has 1 aromatic rings. The van der Waals surface area contributed by atoms with Crippen molar-refractivity contribution in [2.45, 2.75) is 24.8 Å². The summed E-state index contributed by atoms with van der Waals surface area (Å²) >= 11 is 0.988. The molecule has 0 bridgehead atoms. The molecule has 1 atom stereocenters. The van der Waals surface area contributed by atoms with Crippen LogP contribution in [0.15, 0.2) is 10.3 Å². The standard InChI is InChI=1S/C12H18N2O5S2/c1-7-6-20-9(12(16)19-5)10(7)21(17,18)13-8(2)11(15)14(3)4/h6,8,13H,1-5H3. The highest BCUT2D eigenvalue weighted by atomic mass is 32.2. The van der Waals surface area contributed by atoms with Gasteiger partial charge in [-0.05, 0) is 24.8 Å². The first-order chi connectivity index (χ1) is 9.61. The van der Waals surface area contributed by atoms with Gasteiger partial charge in [0.05, 0.1) is 13.2 Å². The van der Waals surface area contributed by atoms with Crippen molar-refractivity contribution in [2.24, 2.45) is 0 Å². The summed E-state index contributed by atoms with van der Waals surface area (Å²) in [5.74, 6) is -1.11. The Bertz CT molecular complexity index is 649. The van der Waals surface area contributed by atoms with Crippen LogP contribution in [0.3, 0.4) is 0 Å². The topological polar surface area (TPSA) is 92.8 Å². The van der Waals surface area contributed by atoms with Crippen LogP contribution < -0.4 is 4.72 Å². The van der Waals surface area contributed by atoms with E-state index in [1.54, 1.807) is 12.3 Å². The smallest absolute Gasteiger partial charge is 0.349 e. The fourth-order valence-electron chi connectivity index (χ4n) is 1.73. The third-order valence-electron chi connectivity index (χ3n) is 2.70. The van der Waals surface area contributed by atoms with Gasteiger partial charge in [-0.2, -0.15) is 4.72 Å². The minimum atomic E-state index is -4.00. The number of nitrogens with one attached hydrogen (secondary N) is 1. The molecule has 0 saturated heterocycles. The van der Waals surface area contributed by atoms with Crippen LogP contribution in [0.25, 0.3) is 0 Å². The molecule has 0 radical (unpaired) electrons. The summed E-state index contributed by atoms with van der Waals surface area (Å²) in [4.78, 5) is 24.5. The molecule has 1 rings (SSSR count). The number of sulfonamides is 1. The van der Waals surface area contributed by atoms with Gasteiger partial charge in [-0.25, -0.2) is 13.2 Å². The van der Waals surface area contributed by atoms with Crippen LogP contribution in [0.2, 0.25) is 0 Å². The zero-order chi connectivity index (χ0) is 16.4. The van der Waals surface area contributed by atoms with E-state index >= 15 is 0 Å².